The maximum absolute atomic E-state index is 12.1. The smallest absolute Gasteiger partial charge is 0.226 e. The van der Waals surface area contributed by atoms with Gasteiger partial charge in [-0.15, -0.1) is 0 Å². The van der Waals surface area contributed by atoms with Gasteiger partial charge >= 0.3 is 0 Å². The molecule has 0 aliphatic carbocycles. The molecule has 112 valence electrons. The minimum Gasteiger partial charge on any atom is -0.388 e. The molecule has 5 nitrogen and oxygen atoms in total. The first-order chi connectivity index (χ1) is 10.1. The van der Waals surface area contributed by atoms with Gasteiger partial charge in [-0.25, -0.2) is 0 Å². The summed E-state index contributed by atoms with van der Waals surface area (Å²) in [5.74, 6) is 0.0308. The molecule has 0 saturated carbocycles. The fourth-order valence-corrected chi connectivity index (χ4v) is 2.18. The molecule has 1 N–H and O–H groups in total. The molecule has 5 heteroatoms. The number of carbonyl (C=O) groups excluding carboxylic acids is 1. The van der Waals surface area contributed by atoms with Crippen LogP contribution in [-0.4, -0.2) is 27.8 Å². The third-order valence-electron chi connectivity index (χ3n) is 3.51. The van der Waals surface area contributed by atoms with Crippen LogP contribution in [0.1, 0.15) is 30.9 Å². The Labute approximate surface area is 124 Å². The van der Waals surface area contributed by atoms with Crippen LogP contribution < -0.4 is 4.90 Å². The Hall–Kier alpha value is -2.14. The quantitative estimate of drug-likeness (QED) is 0.886. The van der Waals surface area contributed by atoms with Crippen LogP contribution in [0.5, 0.6) is 0 Å². The van der Waals surface area contributed by atoms with Crippen molar-refractivity contribution in [3.8, 4) is 0 Å². The molecule has 0 aliphatic heterocycles. The van der Waals surface area contributed by atoms with Crippen LogP contribution >= 0.6 is 0 Å². The normalized spacial score (nSPS) is 12.1. The summed E-state index contributed by atoms with van der Waals surface area (Å²) in [5, 5.41) is 14.1. The van der Waals surface area contributed by atoms with Crippen LogP contribution in [0.25, 0.3) is 0 Å². The van der Waals surface area contributed by atoms with Crippen molar-refractivity contribution in [1.82, 2.24) is 9.78 Å². The van der Waals surface area contributed by atoms with Crippen molar-refractivity contribution in [3.63, 3.8) is 0 Å². The molecule has 1 amide bonds. The van der Waals surface area contributed by atoms with Crippen molar-refractivity contribution in [3.05, 3.63) is 48.3 Å². The Bertz CT molecular complexity index is 580. The highest BCUT2D eigenvalue weighted by Gasteiger charge is 2.13. The van der Waals surface area contributed by atoms with Crippen molar-refractivity contribution in [2.45, 2.75) is 25.4 Å². The molecule has 21 heavy (non-hydrogen) atoms. The molecule has 2 aromatic rings. The van der Waals surface area contributed by atoms with Gasteiger partial charge in [-0.2, -0.15) is 5.10 Å². The van der Waals surface area contributed by atoms with E-state index in [-0.39, 0.29) is 5.91 Å². The van der Waals surface area contributed by atoms with Gasteiger partial charge < -0.3 is 10.0 Å². The largest absolute Gasteiger partial charge is 0.388 e. The number of aromatic nitrogens is 2. The van der Waals surface area contributed by atoms with E-state index in [9.17, 15) is 9.90 Å². The summed E-state index contributed by atoms with van der Waals surface area (Å²) in [5.41, 5.74) is 1.68. The highest BCUT2D eigenvalue weighted by Crippen LogP contribution is 2.19. The number of aryl methyl sites for hydroxylation is 1. The molecule has 2 rings (SSSR count). The molecule has 0 fully saturated rings. The van der Waals surface area contributed by atoms with E-state index < -0.39 is 6.10 Å². The Morgan fingerprint density at radius 3 is 2.71 bits per heavy atom. The van der Waals surface area contributed by atoms with Crippen molar-refractivity contribution >= 4 is 11.6 Å². The van der Waals surface area contributed by atoms with Crippen molar-refractivity contribution in [1.29, 1.82) is 0 Å². The average Bonchev–Trinajstić information content (AvgIpc) is 2.93. The zero-order valence-electron chi connectivity index (χ0n) is 12.4. The second-order valence-electron chi connectivity index (χ2n) is 5.14. The summed E-state index contributed by atoms with van der Waals surface area (Å²) in [4.78, 5) is 13.7. The molecule has 1 atom stereocenters. The van der Waals surface area contributed by atoms with E-state index in [2.05, 4.69) is 5.10 Å². The number of benzene rings is 1. The highest BCUT2D eigenvalue weighted by molar-refractivity contribution is 5.92. The lowest BCUT2D eigenvalue weighted by Gasteiger charge is -2.15. The zero-order valence-corrected chi connectivity index (χ0v) is 12.4. The number of amides is 1. The molecule has 0 spiro atoms. The monoisotopic (exact) mass is 287 g/mol. The number of aliphatic hydroxyl groups is 1. The number of carbonyl (C=O) groups is 1. The molecular weight excluding hydrogens is 266 g/mol. The first kappa shape index (κ1) is 15.3. The number of hydrogen-bond acceptors (Lipinski definition) is 3. The number of aliphatic hydroxyl groups excluding tert-OH is 1. The lowest BCUT2D eigenvalue weighted by atomic mass is 10.0. The summed E-state index contributed by atoms with van der Waals surface area (Å²) in [6.07, 6.45) is 4.60. The van der Waals surface area contributed by atoms with E-state index in [0.29, 0.717) is 19.3 Å². The van der Waals surface area contributed by atoms with E-state index >= 15 is 0 Å². The number of anilines is 1. The summed E-state index contributed by atoms with van der Waals surface area (Å²) in [7, 11) is 3.56. The molecule has 0 saturated heterocycles. The van der Waals surface area contributed by atoms with Gasteiger partial charge in [-0.3, -0.25) is 9.48 Å². The summed E-state index contributed by atoms with van der Waals surface area (Å²) in [6.45, 7) is 0. The summed E-state index contributed by atoms with van der Waals surface area (Å²) in [6, 6.07) is 9.52. The van der Waals surface area contributed by atoms with Crippen LogP contribution in [0.4, 0.5) is 5.69 Å². The Morgan fingerprint density at radius 1 is 1.38 bits per heavy atom. The number of nitrogens with zero attached hydrogens (tertiary/aromatic N) is 3. The maximum atomic E-state index is 12.1. The molecule has 1 aromatic carbocycles. The molecule has 1 aromatic heterocycles. The van der Waals surface area contributed by atoms with Gasteiger partial charge in [0.1, 0.15) is 0 Å². The van der Waals surface area contributed by atoms with E-state index in [1.807, 2.05) is 37.4 Å². The average molecular weight is 287 g/mol. The first-order valence-corrected chi connectivity index (χ1v) is 7.06. The third kappa shape index (κ3) is 4.16. The van der Waals surface area contributed by atoms with Gasteiger partial charge in [0, 0.05) is 26.7 Å². The van der Waals surface area contributed by atoms with Crippen LogP contribution in [0.3, 0.4) is 0 Å². The minimum absolute atomic E-state index is 0.0308. The topological polar surface area (TPSA) is 58.4 Å². The predicted octanol–water partition coefficient (Wildman–Crippen LogP) is 2.29. The second kappa shape index (κ2) is 7.04. The molecule has 0 aliphatic rings. The molecule has 0 bridgehead atoms. The van der Waals surface area contributed by atoms with E-state index in [4.69, 9.17) is 0 Å². The first-order valence-electron chi connectivity index (χ1n) is 7.06. The maximum Gasteiger partial charge on any atom is 0.226 e. The predicted molar refractivity (Wildman–Crippen MR) is 81.9 cm³/mol. The van der Waals surface area contributed by atoms with Gasteiger partial charge in [0.25, 0.3) is 0 Å². The Morgan fingerprint density at radius 2 is 2.10 bits per heavy atom. The molecular formula is C16H21N3O2. The molecule has 1 unspecified atom stereocenters. The molecule has 1 heterocycles. The van der Waals surface area contributed by atoms with E-state index in [0.717, 1.165) is 11.3 Å². The van der Waals surface area contributed by atoms with Gasteiger partial charge in [-0.05, 0) is 18.4 Å². The van der Waals surface area contributed by atoms with Crippen LogP contribution in [-0.2, 0) is 11.8 Å². The van der Waals surface area contributed by atoms with Gasteiger partial charge in [0.2, 0.25) is 5.91 Å². The number of rotatable bonds is 6. The molecule has 0 radical (unpaired) electrons. The second-order valence-corrected chi connectivity index (χ2v) is 5.14. The van der Waals surface area contributed by atoms with Crippen molar-refractivity contribution in [2.24, 2.45) is 7.05 Å². The minimum atomic E-state index is -0.511. The van der Waals surface area contributed by atoms with Gasteiger partial charge in [0.05, 0.1) is 18.0 Å². The summed E-state index contributed by atoms with van der Waals surface area (Å²) < 4.78 is 1.66. The van der Waals surface area contributed by atoms with E-state index in [1.54, 1.807) is 29.0 Å². The van der Waals surface area contributed by atoms with Crippen LogP contribution in [0.2, 0.25) is 0 Å². The van der Waals surface area contributed by atoms with E-state index in [1.165, 1.54) is 0 Å². The van der Waals surface area contributed by atoms with Crippen molar-refractivity contribution in [2.75, 3.05) is 11.9 Å². The fraction of sp³-hybridized carbons (Fsp3) is 0.375. The standard InChI is InChI=1S/C16H21N3O2/c1-18-12-14(11-17-18)19(2)16(21)10-6-9-15(20)13-7-4-3-5-8-13/h3-5,7-8,11-12,15,20H,6,9-10H2,1-2H3. The summed E-state index contributed by atoms with van der Waals surface area (Å²) >= 11 is 0. The number of hydrogen-bond donors (Lipinski definition) is 1. The SMILES string of the molecule is CN(C(=O)CCCC(O)c1ccccc1)c1cnn(C)c1. The van der Waals surface area contributed by atoms with Gasteiger partial charge in [0.15, 0.2) is 0 Å². The van der Waals surface area contributed by atoms with Crippen molar-refractivity contribution < 1.29 is 9.90 Å². The zero-order chi connectivity index (χ0) is 15.2. The van der Waals surface area contributed by atoms with Gasteiger partial charge in [-0.1, -0.05) is 30.3 Å². The Kier molecular flexibility index (Phi) is 5.11. The lowest BCUT2D eigenvalue weighted by molar-refractivity contribution is -0.118. The van der Waals surface area contributed by atoms with Crippen LogP contribution in [0, 0.1) is 0 Å². The fourth-order valence-electron chi connectivity index (χ4n) is 2.18. The highest BCUT2D eigenvalue weighted by atomic mass is 16.3. The third-order valence-corrected chi connectivity index (χ3v) is 3.51. The van der Waals surface area contributed by atoms with Crippen LogP contribution in [0.15, 0.2) is 42.7 Å². The Balaban J connectivity index is 1.79. The lowest BCUT2D eigenvalue weighted by Crippen LogP contribution is -2.25.